The van der Waals surface area contributed by atoms with Crippen LogP contribution in [0.25, 0.3) is 91.9 Å². The van der Waals surface area contributed by atoms with Gasteiger partial charge >= 0.3 is 0 Å². The Kier molecular flexibility index (Phi) is 5.19. The molecule has 0 aliphatic rings. The van der Waals surface area contributed by atoms with Gasteiger partial charge in [0.15, 0.2) is 5.58 Å². The highest BCUT2D eigenvalue weighted by Crippen LogP contribution is 2.43. The summed E-state index contributed by atoms with van der Waals surface area (Å²) >= 11 is 1.87. The quantitative estimate of drug-likeness (QED) is 0.200. The van der Waals surface area contributed by atoms with Crippen LogP contribution in [0.1, 0.15) is 0 Å². The SMILES string of the molecule is c1ccc(-n2c3ccccc3c3oc4c(-c5cccc(-c6ccc7c(c6)sc6cc8ccccc8cc67)c5)cccc4c32)cc1. The Labute approximate surface area is 263 Å². The first kappa shape index (κ1) is 24.8. The van der Waals surface area contributed by atoms with Gasteiger partial charge in [0.05, 0.1) is 5.52 Å². The normalized spacial score (nSPS) is 12.0. The smallest absolute Gasteiger partial charge is 0.161 e. The first-order valence-electron chi connectivity index (χ1n) is 15.3. The van der Waals surface area contributed by atoms with E-state index in [4.69, 9.17) is 4.42 Å². The lowest BCUT2D eigenvalue weighted by atomic mass is 9.97. The van der Waals surface area contributed by atoms with Gasteiger partial charge in [-0.1, -0.05) is 97.1 Å². The second-order valence-corrected chi connectivity index (χ2v) is 12.8. The summed E-state index contributed by atoms with van der Waals surface area (Å²) in [6.45, 7) is 0. The maximum Gasteiger partial charge on any atom is 0.161 e. The van der Waals surface area contributed by atoms with Crippen molar-refractivity contribution >= 4 is 75.3 Å². The predicted octanol–water partition coefficient (Wildman–Crippen LogP) is 12.4. The summed E-state index contributed by atoms with van der Waals surface area (Å²) in [6, 6.07) is 54.6. The molecule has 0 aliphatic carbocycles. The molecular weight excluding hydrogens is 567 g/mol. The zero-order chi connectivity index (χ0) is 29.5. The first-order chi connectivity index (χ1) is 22.3. The van der Waals surface area contributed by atoms with E-state index in [1.807, 2.05) is 11.3 Å². The van der Waals surface area contributed by atoms with E-state index in [1.54, 1.807) is 0 Å². The molecule has 2 nitrogen and oxygen atoms in total. The van der Waals surface area contributed by atoms with Crippen molar-refractivity contribution in [3.8, 4) is 27.9 Å². The molecule has 0 spiro atoms. The lowest BCUT2D eigenvalue weighted by Crippen LogP contribution is -1.92. The number of nitrogens with zero attached hydrogens (tertiary/aromatic N) is 1. The van der Waals surface area contributed by atoms with E-state index in [1.165, 1.54) is 42.1 Å². The zero-order valence-electron chi connectivity index (χ0n) is 24.2. The molecule has 0 bridgehead atoms. The fraction of sp³-hybridized carbons (Fsp3) is 0. The molecule has 0 N–H and O–H groups in total. The molecule has 3 heteroatoms. The van der Waals surface area contributed by atoms with Crippen LogP contribution in [0.5, 0.6) is 0 Å². The molecule has 10 aromatic rings. The van der Waals surface area contributed by atoms with Gasteiger partial charge in [0, 0.05) is 42.2 Å². The van der Waals surface area contributed by atoms with E-state index >= 15 is 0 Å². The predicted molar refractivity (Wildman–Crippen MR) is 192 cm³/mol. The summed E-state index contributed by atoms with van der Waals surface area (Å²) in [5, 5.41) is 7.47. The highest BCUT2D eigenvalue weighted by molar-refractivity contribution is 7.25. The van der Waals surface area contributed by atoms with Crippen LogP contribution in [0.15, 0.2) is 156 Å². The Morgan fingerprint density at radius 1 is 0.444 bits per heavy atom. The molecule has 3 aromatic heterocycles. The molecule has 0 radical (unpaired) electrons. The minimum atomic E-state index is 0.919. The molecule has 0 saturated heterocycles. The zero-order valence-corrected chi connectivity index (χ0v) is 25.0. The monoisotopic (exact) mass is 591 g/mol. The van der Waals surface area contributed by atoms with E-state index < -0.39 is 0 Å². The molecule has 0 fully saturated rings. The van der Waals surface area contributed by atoms with Crippen LogP contribution < -0.4 is 0 Å². The van der Waals surface area contributed by atoms with Gasteiger partial charge in [-0.2, -0.15) is 0 Å². The fourth-order valence-corrected chi connectivity index (χ4v) is 8.25. The van der Waals surface area contributed by atoms with Gasteiger partial charge in [-0.15, -0.1) is 11.3 Å². The van der Waals surface area contributed by atoms with Gasteiger partial charge in [0.25, 0.3) is 0 Å². The van der Waals surface area contributed by atoms with Crippen LogP contribution in [0.4, 0.5) is 0 Å². The summed E-state index contributed by atoms with van der Waals surface area (Å²) in [5.41, 5.74) is 9.90. The van der Waals surface area contributed by atoms with Gasteiger partial charge in [-0.05, 0) is 82.1 Å². The highest BCUT2D eigenvalue weighted by Gasteiger charge is 2.21. The number of benzene rings is 7. The molecule has 45 heavy (non-hydrogen) atoms. The lowest BCUT2D eigenvalue weighted by molar-refractivity contribution is 0.674. The van der Waals surface area contributed by atoms with Crippen LogP contribution in [-0.2, 0) is 0 Å². The number of rotatable bonds is 3. The Bertz CT molecular complexity index is 2760. The number of hydrogen-bond acceptors (Lipinski definition) is 2. The molecule has 0 aliphatic heterocycles. The maximum absolute atomic E-state index is 6.80. The van der Waals surface area contributed by atoms with Crippen LogP contribution in [0, 0.1) is 0 Å². The van der Waals surface area contributed by atoms with Crippen molar-refractivity contribution in [3.05, 3.63) is 152 Å². The second kappa shape index (κ2) is 9.43. The van der Waals surface area contributed by atoms with E-state index in [0.717, 1.165) is 49.8 Å². The minimum absolute atomic E-state index is 0.919. The summed E-state index contributed by atoms with van der Waals surface area (Å²) in [6.07, 6.45) is 0. The van der Waals surface area contributed by atoms with E-state index in [-0.39, 0.29) is 0 Å². The molecule has 10 rings (SSSR count). The fourth-order valence-electron chi connectivity index (χ4n) is 7.07. The molecule has 210 valence electrons. The lowest BCUT2D eigenvalue weighted by Gasteiger charge is -2.09. The second-order valence-electron chi connectivity index (χ2n) is 11.7. The molecule has 7 aromatic carbocycles. The van der Waals surface area contributed by atoms with Crippen molar-refractivity contribution in [1.82, 2.24) is 4.57 Å². The average molecular weight is 592 g/mol. The number of hydrogen-bond donors (Lipinski definition) is 0. The summed E-state index contributed by atoms with van der Waals surface area (Å²) in [5.74, 6) is 0. The largest absolute Gasteiger partial charge is 0.453 e. The Morgan fingerprint density at radius 2 is 1.16 bits per heavy atom. The number of para-hydroxylation sites is 3. The van der Waals surface area contributed by atoms with E-state index in [9.17, 15) is 0 Å². The summed E-state index contributed by atoms with van der Waals surface area (Å²) in [4.78, 5) is 0. The molecule has 0 saturated carbocycles. The third kappa shape index (κ3) is 3.68. The third-order valence-electron chi connectivity index (χ3n) is 9.16. The molecule has 0 amide bonds. The standard InChI is InChI=1S/C42H25NOS/c1-2-14-31(15-3-1)43-37-19-7-6-16-34(37)42-40(43)35-18-9-17-32(41(35)44-42)30-13-8-12-26(22-30)29-20-21-33-36-23-27-10-4-5-11-28(27)24-39(36)45-38(33)25-29/h1-25H. The van der Waals surface area contributed by atoms with Gasteiger partial charge in [-0.3, -0.25) is 0 Å². The van der Waals surface area contributed by atoms with Crippen molar-refractivity contribution in [1.29, 1.82) is 0 Å². The Hall–Kier alpha value is -5.64. The van der Waals surface area contributed by atoms with Crippen LogP contribution in [0.3, 0.4) is 0 Å². The van der Waals surface area contributed by atoms with Gasteiger partial charge in [-0.25, -0.2) is 0 Å². The third-order valence-corrected chi connectivity index (χ3v) is 10.3. The van der Waals surface area contributed by atoms with Crippen molar-refractivity contribution in [3.63, 3.8) is 0 Å². The number of furan rings is 1. The van der Waals surface area contributed by atoms with Gasteiger partial charge < -0.3 is 8.98 Å². The van der Waals surface area contributed by atoms with Crippen LogP contribution in [-0.4, -0.2) is 4.57 Å². The maximum atomic E-state index is 6.80. The Balaban J connectivity index is 1.14. The van der Waals surface area contributed by atoms with E-state index in [0.29, 0.717) is 0 Å². The number of fused-ring (bicyclic) bond motifs is 9. The first-order valence-corrected chi connectivity index (χ1v) is 16.1. The summed E-state index contributed by atoms with van der Waals surface area (Å²) in [7, 11) is 0. The highest BCUT2D eigenvalue weighted by atomic mass is 32.1. The number of aromatic nitrogens is 1. The molecule has 0 unspecified atom stereocenters. The van der Waals surface area contributed by atoms with Crippen molar-refractivity contribution in [2.24, 2.45) is 0 Å². The van der Waals surface area contributed by atoms with Crippen molar-refractivity contribution in [2.75, 3.05) is 0 Å². The van der Waals surface area contributed by atoms with E-state index in [2.05, 4.69) is 156 Å². The van der Waals surface area contributed by atoms with Crippen molar-refractivity contribution in [2.45, 2.75) is 0 Å². The Morgan fingerprint density at radius 3 is 2.07 bits per heavy atom. The number of thiophene rings is 1. The van der Waals surface area contributed by atoms with Crippen molar-refractivity contribution < 1.29 is 4.42 Å². The van der Waals surface area contributed by atoms with Gasteiger partial charge in [0.1, 0.15) is 11.1 Å². The summed E-state index contributed by atoms with van der Waals surface area (Å²) < 4.78 is 11.8. The van der Waals surface area contributed by atoms with Gasteiger partial charge in [0.2, 0.25) is 0 Å². The van der Waals surface area contributed by atoms with Crippen LogP contribution >= 0.6 is 11.3 Å². The topological polar surface area (TPSA) is 18.1 Å². The molecular formula is C42H25NOS. The molecule has 0 atom stereocenters. The minimum Gasteiger partial charge on any atom is -0.453 e. The average Bonchev–Trinajstić information content (AvgIpc) is 3.76. The molecule has 3 heterocycles. The van der Waals surface area contributed by atoms with Crippen LogP contribution in [0.2, 0.25) is 0 Å².